The first-order chi connectivity index (χ1) is 70.2. The van der Waals surface area contributed by atoms with E-state index < -0.39 is 112 Å². The average molecular weight is 2130 g/mol. The molecule has 8 aliphatic heterocycles. The van der Waals surface area contributed by atoms with Gasteiger partial charge in [-0.1, -0.05) is 175 Å². The van der Waals surface area contributed by atoms with E-state index in [2.05, 4.69) is 26.6 Å². The van der Waals surface area contributed by atoms with E-state index in [0.717, 1.165) is 109 Å². The number of nitrogens with one attached hydrogen (secondary N) is 5. The summed E-state index contributed by atoms with van der Waals surface area (Å²) in [6, 6.07) is 41.7. The molecule has 5 fully saturated rings. The molecule has 15 rings (SSSR count). The Balaban J connectivity index is 0.000000175. The number of benzene rings is 6. The summed E-state index contributed by atoms with van der Waals surface area (Å²) in [5, 5.41) is 69.1. The molecule has 2 unspecified atom stereocenters. The average Bonchev–Trinajstić information content (AvgIpc) is 1.65. The number of likely N-dealkylation sites (N-methyl/N-ethyl adjacent to an activating group) is 1. The number of aliphatic hydroxyl groups is 5. The molecule has 0 bridgehead atoms. The number of aliphatic imine (C=N–C) groups is 4. The maximum atomic E-state index is 14.0. The van der Waals surface area contributed by atoms with Gasteiger partial charge in [0.25, 0.3) is 0 Å². The van der Waals surface area contributed by atoms with Crippen molar-refractivity contribution < 1.29 is 87.6 Å². The molecule has 0 radical (unpaired) electrons. The molecule has 39 heteroatoms. The highest BCUT2D eigenvalue weighted by Gasteiger charge is 2.52. The Kier molecular flexibility index (Phi) is 42.4. The summed E-state index contributed by atoms with van der Waals surface area (Å²) in [6.45, 7) is 15.6. The van der Waals surface area contributed by atoms with E-state index in [1.165, 1.54) is 20.8 Å². The second kappa shape index (κ2) is 53.8. The van der Waals surface area contributed by atoms with Crippen LogP contribution in [-0.4, -0.2) is 313 Å². The molecule has 6 aromatic rings. The first-order valence-corrected chi connectivity index (χ1v) is 53.5. The topological polar surface area (TPSA) is 484 Å². The van der Waals surface area contributed by atoms with E-state index in [0.29, 0.717) is 121 Å². The molecular weight excluding hydrogens is 1980 g/mol. The van der Waals surface area contributed by atoms with Crippen LogP contribution in [0.25, 0.3) is 0 Å². The van der Waals surface area contributed by atoms with E-state index in [-0.39, 0.29) is 99.8 Å². The Hall–Kier alpha value is -9.77. The van der Waals surface area contributed by atoms with Gasteiger partial charge < -0.3 is 113 Å². The van der Waals surface area contributed by atoms with Gasteiger partial charge in [-0.05, 0) is 214 Å². The highest BCUT2D eigenvalue weighted by Crippen LogP contribution is 2.40. The SMILES string of the molecule is CC(OCc1ccccc1)C(NC(=O)[C@H](C)N)C(=O)N1CCC[C@H]1C1=N[C@](CO)(Cc2cccc(Cl)c2)CS1.CN[C@@H](C)C(=O)N[C@H](C(=O)N1CCC[C@H]1C1=N[C@](CO)(Cc2cccc(Cl)c2)CO1)[C@@H](C)OCc1ccccc1.C[C@H](N)C(=O)N[C@H](C(=O)N1CCC[C@H]1C1=N[C@](CO)(Cc2cccc(Cl)c2)CO1)C(C)(C)O.C[C@H](N)C(=O)N[C@H](C(=O)N1CCC[C@H]1C1=N[C@](CO)(Cc2cccc(Cl)c2)CO1)C1CCCCC1. The van der Waals surface area contributed by atoms with Crippen molar-refractivity contribution >= 4 is 128 Å². The van der Waals surface area contributed by atoms with Gasteiger partial charge in [-0.15, -0.1) is 11.8 Å². The molecule has 34 nitrogen and oxygen atoms in total. The van der Waals surface area contributed by atoms with Crippen molar-refractivity contribution in [2.45, 2.75) is 290 Å². The molecule has 16 N–H and O–H groups in total. The number of carbonyl (C=O) groups excluding carboxylic acids is 8. The van der Waals surface area contributed by atoms with Crippen LogP contribution in [0.15, 0.2) is 178 Å². The first-order valence-electron chi connectivity index (χ1n) is 51.0. The molecule has 6 aromatic carbocycles. The Morgan fingerprint density at radius 3 is 1.12 bits per heavy atom. The molecule has 0 aromatic heterocycles. The number of nitrogens with zero attached hydrogens (tertiary/aromatic N) is 8. The Labute approximate surface area is 886 Å². The number of hydrogen-bond donors (Lipinski definition) is 13. The molecule has 18 atom stereocenters. The summed E-state index contributed by atoms with van der Waals surface area (Å²) in [6.07, 6.45) is 11.8. The van der Waals surface area contributed by atoms with Gasteiger partial charge in [0.05, 0.1) is 98.2 Å². The fourth-order valence-corrected chi connectivity index (χ4v) is 22.0. The molecule has 800 valence electrons. The molecule has 8 amide bonds. The van der Waals surface area contributed by atoms with Crippen LogP contribution in [0.3, 0.4) is 0 Å². The second-order valence-corrected chi connectivity index (χ2v) is 43.5. The van der Waals surface area contributed by atoms with Gasteiger partial charge in [0, 0.05) is 77.7 Å². The maximum absolute atomic E-state index is 14.0. The van der Waals surface area contributed by atoms with Crippen LogP contribution in [0.2, 0.25) is 20.1 Å². The summed E-state index contributed by atoms with van der Waals surface area (Å²) in [5.74, 6) is -0.481. The third-order valence-corrected chi connectivity index (χ3v) is 30.5. The third-order valence-electron chi connectivity index (χ3n) is 28.3. The minimum atomic E-state index is -1.51. The van der Waals surface area contributed by atoms with Crippen LogP contribution in [0.5, 0.6) is 0 Å². The van der Waals surface area contributed by atoms with Gasteiger partial charge in [-0.2, -0.15) is 0 Å². The fourth-order valence-electron chi connectivity index (χ4n) is 19.8. The molecule has 1 saturated carbocycles. The summed E-state index contributed by atoms with van der Waals surface area (Å²) >= 11 is 26.2. The fraction of sp³-hybridized carbons (Fsp3) is 0.556. The minimum Gasteiger partial charge on any atom is -0.477 e. The number of hydrogen-bond acceptors (Lipinski definition) is 27. The number of thioether (sulfide) groups is 1. The summed E-state index contributed by atoms with van der Waals surface area (Å²) < 4.78 is 30.1. The van der Waals surface area contributed by atoms with E-state index in [1.54, 1.807) is 80.3 Å². The molecule has 147 heavy (non-hydrogen) atoms. The number of ether oxygens (including phenoxy) is 5. The molecule has 9 aliphatic rings. The zero-order valence-electron chi connectivity index (χ0n) is 85.4. The van der Waals surface area contributed by atoms with Gasteiger partial charge >= 0.3 is 0 Å². The van der Waals surface area contributed by atoms with Gasteiger partial charge in [-0.3, -0.25) is 43.3 Å². The highest BCUT2D eigenvalue weighted by molar-refractivity contribution is 8.14. The number of rotatable bonds is 39. The van der Waals surface area contributed by atoms with E-state index >= 15 is 0 Å². The lowest BCUT2D eigenvalue weighted by atomic mass is 9.83. The second-order valence-electron chi connectivity index (χ2n) is 40.8. The number of amides is 8. The van der Waals surface area contributed by atoms with Crippen molar-refractivity contribution in [3.05, 3.63) is 211 Å². The number of halogens is 4. The van der Waals surface area contributed by atoms with E-state index in [9.17, 15) is 63.9 Å². The first kappa shape index (κ1) is 116. The van der Waals surface area contributed by atoms with Crippen LogP contribution in [0, 0.1) is 5.92 Å². The third kappa shape index (κ3) is 31.3. The summed E-state index contributed by atoms with van der Waals surface area (Å²) in [7, 11) is 1.69. The van der Waals surface area contributed by atoms with Crippen molar-refractivity contribution in [3.8, 4) is 0 Å². The number of aliphatic hydroxyl groups excluding tert-OH is 4. The van der Waals surface area contributed by atoms with Crippen molar-refractivity contribution in [2.24, 2.45) is 43.1 Å². The lowest BCUT2D eigenvalue weighted by Crippen LogP contribution is -2.61. The smallest absolute Gasteiger partial charge is 0.248 e. The van der Waals surface area contributed by atoms with Crippen LogP contribution in [0.4, 0.5) is 0 Å². The van der Waals surface area contributed by atoms with Crippen molar-refractivity contribution in [1.82, 2.24) is 46.2 Å². The predicted molar refractivity (Wildman–Crippen MR) is 570 cm³/mol. The molecule has 8 heterocycles. The van der Waals surface area contributed by atoms with E-state index in [1.807, 2.05) is 150 Å². The Bertz CT molecular complexity index is 5570. The summed E-state index contributed by atoms with van der Waals surface area (Å²) in [5.41, 5.74) is 18.4. The maximum Gasteiger partial charge on any atom is 0.248 e. The molecule has 4 saturated heterocycles. The largest absolute Gasteiger partial charge is 0.477 e. The quantitative estimate of drug-likeness (QED) is 0.0171. The number of nitrogens with two attached hydrogens (primary N) is 3. The van der Waals surface area contributed by atoms with Crippen molar-refractivity contribution in [2.75, 3.05) is 85.2 Å². The predicted octanol–water partition coefficient (Wildman–Crippen LogP) is 9.00. The van der Waals surface area contributed by atoms with Crippen LogP contribution in [0.1, 0.15) is 172 Å². The zero-order chi connectivity index (χ0) is 106. The molecule has 1 aliphatic carbocycles. The zero-order valence-corrected chi connectivity index (χ0v) is 89.2. The van der Waals surface area contributed by atoms with E-state index in [4.69, 9.17) is 107 Å². The normalized spacial score (nSPS) is 24.3. The number of carbonyl (C=O) groups is 8. The van der Waals surface area contributed by atoms with Gasteiger partial charge in [0.15, 0.2) is 0 Å². The van der Waals surface area contributed by atoms with Crippen LogP contribution in [-0.2, 0) is 101 Å². The van der Waals surface area contributed by atoms with Crippen LogP contribution >= 0.6 is 58.2 Å². The number of likely N-dealkylation sites (tertiary alicyclic amines) is 4. The Morgan fingerprint density at radius 1 is 0.422 bits per heavy atom. The van der Waals surface area contributed by atoms with Crippen LogP contribution < -0.4 is 43.8 Å². The van der Waals surface area contributed by atoms with Crippen molar-refractivity contribution in [1.29, 1.82) is 0 Å². The standard InChI is InChI=1S/C30H39ClN4O5.C29H37ClN4O4S.C26H37ClN4O4.C23H33ClN4O5/c1-20(32-3)27(37)33-26(21(2)39-17-22-9-5-4-6-10-22)29(38)35-14-8-13-25(35)28-34-30(18-36,19-40-28)16-23-11-7-12-24(31)15-23;1-19(31)26(36)32-25(20(2)38-16-21-8-4-3-5-9-21)28(37)34-13-7-12-24(34)27-33-29(17-35,18-39-27)15-22-10-6-11-23(30)14-22;1-17(28)23(33)29-22(19-8-3-2-4-9-19)25(34)31-12-6-11-21(31)24-30-26(15-32,16-35-24)14-18-7-5-10-20(27)13-18;1-14(25)19(30)26-18(22(2,3)32)21(31)28-9-5-8-17(28)20-27-23(12-29,13-33-20)11-15-6-4-7-16(24)10-15/h4-7,9-12,15,20-21,25-26,32,36H,8,13-14,16-19H2,1-3H3,(H,33,37);3-6,8-11,14,19-20,24-25,35H,7,12-13,15-18,31H2,1-2H3,(H,32,36);5,7,10,13,17,19,21-22,32H,2-4,6,8-9,11-12,14-16,28H2,1H3,(H,29,33);4,6-7,10,14,17-18,29,32H,5,8-9,11-13,25H2,1-3H3,(H,26,30)/t20-,21+,25-,26-,30-;19-,20?,24-,25?,29-;17-,21-,22-,26-;14-,17-,18+,23-/m0000/s1. The highest BCUT2D eigenvalue weighted by atomic mass is 35.5. The molecular formula is C108H146Cl4N16O18S. The van der Waals surface area contributed by atoms with Crippen molar-refractivity contribution in [3.63, 3.8) is 0 Å². The monoisotopic (exact) mass is 2130 g/mol. The van der Waals surface area contributed by atoms with Gasteiger partial charge in [0.2, 0.25) is 65.0 Å². The lowest BCUT2D eigenvalue weighted by Gasteiger charge is -2.35. The van der Waals surface area contributed by atoms with Gasteiger partial charge in [0.1, 0.15) is 78.7 Å². The molecule has 0 spiro atoms. The lowest BCUT2D eigenvalue weighted by molar-refractivity contribution is -0.143. The minimum absolute atomic E-state index is 0.0870. The Morgan fingerprint density at radius 2 is 0.755 bits per heavy atom. The summed E-state index contributed by atoms with van der Waals surface area (Å²) in [4.78, 5) is 132. The van der Waals surface area contributed by atoms with Gasteiger partial charge in [-0.25, -0.2) is 15.0 Å².